The van der Waals surface area contributed by atoms with E-state index in [9.17, 15) is 9.59 Å². The van der Waals surface area contributed by atoms with Crippen LogP contribution in [0.2, 0.25) is 0 Å². The highest BCUT2D eigenvalue weighted by Gasteiger charge is 2.16. The number of primary amides is 1. The molecule has 5 N–H and O–H groups in total. The minimum absolute atomic E-state index is 0.0655. The molecule has 0 saturated carbocycles. The monoisotopic (exact) mass is 294 g/mol. The molecule has 0 radical (unpaired) electrons. The SMILES string of the molecule is CC(C)n1c(Sc2nc(C(N)=O)ccc2N)n[nH]c1=O. The van der Waals surface area contributed by atoms with Gasteiger partial charge in [-0.15, -0.1) is 5.10 Å². The first kappa shape index (κ1) is 14.1. The molecule has 2 aromatic heterocycles. The van der Waals surface area contributed by atoms with E-state index in [0.29, 0.717) is 15.9 Å². The molecule has 0 spiro atoms. The quantitative estimate of drug-likeness (QED) is 0.746. The molecule has 9 heteroatoms. The first-order valence-electron chi connectivity index (χ1n) is 5.81. The molecule has 0 aliphatic rings. The van der Waals surface area contributed by atoms with E-state index in [2.05, 4.69) is 15.2 Å². The van der Waals surface area contributed by atoms with Crippen molar-refractivity contribution in [2.75, 3.05) is 5.73 Å². The molecule has 0 aliphatic heterocycles. The van der Waals surface area contributed by atoms with Crippen molar-refractivity contribution < 1.29 is 4.79 Å². The van der Waals surface area contributed by atoms with Crippen LogP contribution in [0.3, 0.4) is 0 Å². The lowest BCUT2D eigenvalue weighted by Gasteiger charge is -2.09. The Bertz CT molecular complexity index is 705. The van der Waals surface area contributed by atoms with E-state index in [1.165, 1.54) is 10.6 Å². The van der Waals surface area contributed by atoms with E-state index in [1.54, 1.807) is 6.07 Å². The average molecular weight is 294 g/mol. The number of nitrogens with one attached hydrogen (secondary N) is 1. The standard InChI is InChI=1S/C11H14N6O2S/c1-5(2)17-10(19)15-16-11(17)20-9-6(12)3-4-7(14-9)8(13)18/h3-5H,12H2,1-2H3,(H2,13,18)(H,15,19). The number of nitrogen functional groups attached to an aromatic ring is 1. The molecule has 0 bridgehead atoms. The van der Waals surface area contributed by atoms with Crippen molar-refractivity contribution in [2.45, 2.75) is 30.1 Å². The van der Waals surface area contributed by atoms with Gasteiger partial charge in [0, 0.05) is 6.04 Å². The summed E-state index contributed by atoms with van der Waals surface area (Å²) in [5, 5.41) is 7.10. The Morgan fingerprint density at radius 1 is 1.45 bits per heavy atom. The van der Waals surface area contributed by atoms with E-state index in [-0.39, 0.29) is 17.4 Å². The number of aromatic nitrogens is 4. The maximum Gasteiger partial charge on any atom is 0.344 e. The van der Waals surface area contributed by atoms with Gasteiger partial charge in [0.05, 0.1) is 5.69 Å². The van der Waals surface area contributed by atoms with Crippen molar-refractivity contribution in [1.82, 2.24) is 19.7 Å². The van der Waals surface area contributed by atoms with Crippen molar-refractivity contribution in [3.8, 4) is 0 Å². The summed E-state index contributed by atoms with van der Waals surface area (Å²) in [7, 11) is 0. The van der Waals surface area contributed by atoms with Gasteiger partial charge in [0.25, 0.3) is 5.91 Å². The predicted molar refractivity (Wildman–Crippen MR) is 74.5 cm³/mol. The van der Waals surface area contributed by atoms with Gasteiger partial charge in [-0.05, 0) is 37.7 Å². The highest BCUT2D eigenvalue weighted by atomic mass is 32.2. The zero-order chi connectivity index (χ0) is 14.9. The average Bonchev–Trinajstić information content (AvgIpc) is 2.73. The van der Waals surface area contributed by atoms with Gasteiger partial charge in [0.15, 0.2) is 5.16 Å². The van der Waals surface area contributed by atoms with E-state index in [1.807, 2.05) is 13.8 Å². The lowest BCUT2D eigenvalue weighted by molar-refractivity contribution is 0.0995. The number of amides is 1. The molecular formula is C11H14N6O2S. The lowest BCUT2D eigenvalue weighted by Crippen LogP contribution is -2.19. The molecule has 2 heterocycles. The predicted octanol–water partition coefficient (Wildman–Crippen LogP) is 0.380. The number of pyridine rings is 1. The summed E-state index contributed by atoms with van der Waals surface area (Å²) in [6.45, 7) is 3.72. The highest BCUT2D eigenvalue weighted by molar-refractivity contribution is 7.99. The number of nitrogens with zero attached hydrogens (tertiary/aromatic N) is 3. The number of carbonyl (C=O) groups excluding carboxylic acids is 1. The van der Waals surface area contributed by atoms with Crippen LogP contribution in [0.25, 0.3) is 0 Å². The van der Waals surface area contributed by atoms with Crippen LogP contribution in [0.1, 0.15) is 30.4 Å². The summed E-state index contributed by atoms with van der Waals surface area (Å²) in [5.41, 5.74) is 11.2. The van der Waals surface area contributed by atoms with Gasteiger partial charge >= 0.3 is 5.69 Å². The summed E-state index contributed by atoms with van der Waals surface area (Å²) in [5.74, 6) is -0.643. The van der Waals surface area contributed by atoms with Crippen LogP contribution in [-0.4, -0.2) is 25.7 Å². The molecule has 0 atom stereocenters. The Morgan fingerprint density at radius 2 is 2.15 bits per heavy atom. The van der Waals surface area contributed by atoms with Crippen LogP contribution < -0.4 is 17.2 Å². The number of hydrogen-bond donors (Lipinski definition) is 3. The molecule has 2 aromatic rings. The number of hydrogen-bond acceptors (Lipinski definition) is 6. The lowest BCUT2D eigenvalue weighted by atomic mass is 10.3. The topological polar surface area (TPSA) is 133 Å². The summed E-state index contributed by atoms with van der Waals surface area (Å²) in [4.78, 5) is 26.8. The van der Waals surface area contributed by atoms with Crippen molar-refractivity contribution in [3.05, 3.63) is 28.3 Å². The number of H-pyrrole nitrogens is 1. The van der Waals surface area contributed by atoms with Crippen molar-refractivity contribution in [3.63, 3.8) is 0 Å². The number of rotatable bonds is 4. The highest BCUT2D eigenvalue weighted by Crippen LogP contribution is 2.29. The third-order valence-corrected chi connectivity index (χ3v) is 3.51. The Kier molecular flexibility index (Phi) is 3.79. The fourth-order valence-electron chi connectivity index (χ4n) is 1.57. The fourth-order valence-corrected chi connectivity index (χ4v) is 2.56. The Morgan fingerprint density at radius 3 is 2.75 bits per heavy atom. The Balaban J connectivity index is 2.42. The van der Waals surface area contributed by atoms with Crippen LogP contribution >= 0.6 is 11.8 Å². The number of carbonyl (C=O) groups is 1. The molecule has 8 nitrogen and oxygen atoms in total. The first-order valence-corrected chi connectivity index (χ1v) is 6.63. The van der Waals surface area contributed by atoms with Gasteiger partial charge in [-0.25, -0.2) is 14.9 Å². The van der Waals surface area contributed by atoms with Crippen LogP contribution in [0.5, 0.6) is 0 Å². The minimum Gasteiger partial charge on any atom is -0.397 e. The van der Waals surface area contributed by atoms with Gasteiger partial charge in [0.1, 0.15) is 10.7 Å². The number of anilines is 1. The summed E-state index contributed by atoms with van der Waals surface area (Å²) in [6, 6.07) is 2.92. The van der Waals surface area contributed by atoms with Crippen LogP contribution in [0.4, 0.5) is 5.69 Å². The van der Waals surface area contributed by atoms with Crippen molar-refractivity contribution >= 4 is 23.4 Å². The number of nitrogens with two attached hydrogens (primary N) is 2. The van der Waals surface area contributed by atoms with E-state index < -0.39 is 5.91 Å². The molecule has 20 heavy (non-hydrogen) atoms. The maximum atomic E-state index is 11.6. The fraction of sp³-hybridized carbons (Fsp3) is 0.273. The maximum absolute atomic E-state index is 11.6. The second kappa shape index (κ2) is 5.37. The summed E-state index contributed by atoms with van der Waals surface area (Å²) < 4.78 is 1.47. The van der Waals surface area contributed by atoms with Crippen LogP contribution in [0.15, 0.2) is 27.1 Å². The Hall–Kier alpha value is -2.29. The second-order valence-electron chi connectivity index (χ2n) is 4.33. The zero-order valence-electron chi connectivity index (χ0n) is 11.0. The molecule has 106 valence electrons. The molecule has 0 aromatic carbocycles. The van der Waals surface area contributed by atoms with Crippen LogP contribution in [0, 0.1) is 0 Å². The van der Waals surface area contributed by atoms with Crippen molar-refractivity contribution in [1.29, 1.82) is 0 Å². The molecule has 0 unspecified atom stereocenters. The van der Waals surface area contributed by atoms with Crippen molar-refractivity contribution in [2.24, 2.45) is 5.73 Å². The van der Waals surface area contributed by atoms with Gasteiger partial charge < -0.3 is 11.5 Å². The molecule has 0 aliphatic carbocycles. The smallest absolute Gasteiger partial charge is 0.344 e. The molecular weight excluding hydrogens is 280 g/mol. The van der Waals surface area contributed by atoms with E-state index >= 15 is 0 Å². The molecule has 1 amide bonds. The van der Waals surface area contributed by atoms with E-state index in [0.717, 1.165) is 11.8 Å². The third kappa shape index (κ3) is 2.67. The van der Waals surface area contributed by atoms with Gasteiger partial charge in [0.2, 0.25) is 0 Å². The normalized spacial score (nSPS) is 10.9. The molecule has 0 fully saturated rings. The minimum atomic E-state index is -0.643. The van der Waals surface area contributed by atoms with Crippen LogP contribution in [-0.2, 0) is 0 Å². The van der Waals surface area contributed by atoms with Gasteiger partial charge in [-0.2, -0.15) is 0 Å². The molecule has 2 rings (SSSR count). The third-order valence-electron chi connectivity index (χ3n) is 2.52. The number of aromatic amines is 1. The van der Waals surface area contributed by atoms with Gasteiger partial charge in [-0.1, -0.05) is 0 Å². The molecule has 0 saturated heterocycles. The first-order chi connectivity index (χ1) is 9.40. The Labute approximate surface area is 118 Å². The second-order valence-corrected chi connectivity index (χ2v) is 5.29. The summed E-state index contributed by atoms with van der Waals surface area (Å²) in [6.07, 6.45) is 0. The van der Waals surface area contributed by atoms with E-state index in [4.69, 9.17) is 11.5 Å². The van der Waals surface area contributed by atoms with Gasteiger partial charge in [-0.3, -0.25) is 9.36 Å². The zero-order valence-corrected chi connectivity index (χ0v) is 11.8. The largest absolute Gasteiger partial charge is 0.397 e. The summed E-state index contributed by atoms with van der Waals surface area (Å²) >= 11 is 1.10.